The van der Waals surface area contributed by atoms with Gasteiger partial charge in [0.2, 0.25) is 0 Å². The zero-order chi connectivity index (χ0) is 18.5. The molecule has 0 saturated carbocycles. The van der Waals surface area contributed by atoms with E-state index in [1.807, 2.05) is 37.3 Å². The van der Waals surface area contributed by atoms with Crippen LogP contribution in [0.15, 0.2) is 42.5 Å². The van der Waals surface area contributed by atoms with E-state index in [1.54, 1.807) is 12.1 Å². The quantitative estimate of drug-likeness (QED) is 0.638. The summed E-state index contributed by atoms with van der Waals surface area (Å²) in [7, 11) is 0. The van der Waals surface area contributed by atoms with Crippen LogP contribution in [-0.2, 0) is 6.42 Å². The summed E-state index contributed by atoms with van der Waals surface area (Å²) in [4.78, 5) is 16.7. The first-order valence-corrected chi connectivity index (χ1v) is 9.56. The van der Waals surface area contributed by atoms with Crippen molar-refractivity contribution in [2.24, 2.45) is 0 Å². The van der Waals surface area contributed by atoms with Crippen molar-refractivity contribution in [3.8, 4) is 5.75 Å². The van der Waals surface area contributed by atoms with Crippen LogP contribution in [0.25, 0.3) is 10.2 Å². The average Bonchev–Trinajstić information content (AvgIpc) is 3.03. The summed E-state index contributed by atoms with van der Waals surface area (Å²) in [6.45, 7) is 4.63. The molecule has 0 spiro atoms. The lowest BCUT2D eigenvalue weighted by Crippen LogP contribution is -2.34. The number of hydrogen-bond acceptors (Lipinski definition) is 5. The van der Waals surface area contributed by atoms with Crippen molar-refractivity contribution in [2.45, 2.75) is 20.3 Å². The van der Waals surface area contributed by atoms with Crippen molar-refractivity contribution in [3.63, 3.8) is 0 Å². The molecule has 1 amide bonds. The van der Waals surface area contributed by atoms with Gasteiger partial charge in [0.05, 0.1) is 16.8 Å². The van der Waals surface area contributed by atoms with Gasteiger partial charge in [-0.15, -0.1) is 0 Å². The van der Waals surface area contributed by atoms with Crippen molar-refractivity contribution in [1.29, 1.82) is 0 Å². The maximum Gasteiger partial charge on any atom is 0.257 e. The van der Waals surface area contributed by atoms with Crippen LogP contribution >= 0.6 is 23.6 Å². The van der Waals surface area contributed by atoms with Gasteiger partial charge in [0.1, 0.15) is 5.75 Å². The molecule has 0 saturated heterocycles. The molecule has 7 heteroatoms. The molecular weight excluding hydrogens is 366 g/mol. The highest BCUT2D eigenvalue weighted by molar-refractivity contribution is 7.80. The zero-order valence-corrected chi connectivity index (χ0v) is 16.2. The van der Waals surface area contributed by atoms with E-state index in [1.165, 1.54) is 16.9 Å². The topological polar surface area (TPSA) is 63.2 Å². The van der Waals surface area contributed by atoms with Gasteiger partial charge in [-0.05, 0) is 61.5 Å². The third-order valence-corrected chi connectivity index (χ3v) is 4.88. The Labute approximate surface area is 161 Å². The number of hydrogen-bond donors (Lipinski definition) is 2. The standard InChI is InChI=1S/C19H19N3O2S2/c1-3-12-5-7-13(8-6-12)17(23)21-18(25)22-19-20-15-10-9-14(24-4-2)11-16(15)26-19/h5-11H,3-4H2,1-2H3,(H2,20,21,22,23,25). The smallest absolute Gasteiger partial charge is 0.257 e. The predicted molar refractivity (Wildman–Crippen MR) is 110 cm³/mol. The lowest BCUT2D eigenvalue weighted by molar-refractivity contribution is 0.0977. The highest BCUT2D eigenvalue weighted by Gasteiger charge is 2.10. The lowest BCUT2D eigenvalue weighted by Gasteiger charge is -2.07. The molecule has 3 rings (SSSR count). The molecule has 0 bridgehead atoms. The maximum absolute atomic E-state index is 12.3. The summed E-state index contributed by atoms with van der Waals surface area (Å²) in [5.74, 6) is 0.562. The summed E-state index contributed by atoms with van der Waals surface area (Å²) in [5.41, 5.74) is 2.60. The molecule has 0 aliphatic rings. The first-order chi connectivity index (χ1) is 12.6. The molecular formula is C19H19N3O2S2. The fourth-order valence-corrected chi connectivity index (χ4v) is 3.56. The molecule has 5 nitrogen and oxygen atoms in total. The lowest BCUT2D eigenvalue weighted by atomic mass is 10.1. The number of thiazole rings is 1. The van der Waals surface area contributed by atoms with Crippen molar-refractivity contribution in [1.82, 2.24) is 10.3 Å². The monoisotopic (exact) mass is 385 g/mol. The largest absolute Gasteiger partial charge is 0.494 e. The highest BCUT2D eigenvalue weighted by atomic mass is 32.1. The first kappa shape index (κ1) is 18.3. The van der Waals surface area contributed by atoms with Gasteiger partial charge in [-0.2, -0.15) is 0 Å². The summed E-state index contributed by atoms with van der Waals surface area (Å²) in [5, 5.41) is 6.50. The van der Waals surface area contributed by atoms with E-state index in [-0.39, 0.29) is 11.0 Å². The summed E-state index contributed by atoms with van der Waals surface area (Å²) < 4.78 is 6.49. The minimum absolute atomic E-state index is 0.221. The number of carbonyl (C=O) groups is 1. The number of aromatic nitrogens is 1. The molecule has 3 aromatic rings. The second kappa shape index (κ2) is 8.25. The van der Waals surface area contributed by atoms with Gasteiger partial charge >= 0.3 is 0 Å². The second-order valence-electron chi connectivity index (χ2n) is 5.54. The van der Waals surface area contributed by atoms with Crippen LogP contribution in [0.2, 0.25) is 0 Å². The Morgan fingerprint density at radius 3 is 2.65 bits per heavy atom. The van der Waals surface area contributed by atoms with E-state index >= 15 is 0 Å². The van der Waals surface area contributed by atoms with Gasteiger partial charge < -0.3 is 10.1 Å². The van der Waals surface area contributed by atoms with Crippen LogP contribution < -0.4 is 15.4 Å². The third kappa shape index (κ3) is 4.36. The number of nitrogens with zero attached hydrogens (tertiary/aromatic N) is 1. The molecule has 0 aliphatic carbocycles. The Kier molecular flexibility index (Phi) is 5.80. The number of aryl methyl sites for hydroxylation is 1. The summed E-state index contributed by atoms with van der Waals surface area (Å²) >= 11 is 6.68. The summed E-state index contributed by atoms with van der Waals surface area (Å²) in [6, 6.07) is 13.2. The average molecular weight is 386 g/mol. The normalized spacial score (nSPS) is 10.5. The molecule has 0 fully saturated rings. The molecule has 1 heterocycles. The van der Waals surface area contributed by atoms with Crippen LogP contribution in [0.1, 0.15) is 29.8 Å². The van der Waals surface area contributed by atoms with Crippen molar-refractivity contribution >= 4 is 49.9 Å². The van der Waals surface area contributed by atoms with E-state index in [2.05, 4.69) is 22.5 Å². The number of amides is 1. The highest BCUT2D eigenvalue weighted by Crippen LogP contribution is 2.29. The van der Waals surface area contributed by atoms with Crippen LogP contribution in [0.4, 0.5) is 5.13 Å². The van der Waals surface area contributed by atoms with Crippen molar-refractivity contribution in [3.05, 3.63) is 53.6 Å². The number of rotatable bonds is 5. The van der Waals surface area contributed by atoms with Crippen molar-refractivity contribution in [2.75, 3.05) is 11.9 Å². The number of carbonyl (C=O) groups excluding carboxylic acids is 1. The van der Waals surface area contributed by atoms with E-state index in [0.29, 0.717) is 17.3 Å². The van der Waals surface area contributed by atoms with Gasteiger partial charge in [0, 0.05) is 5.56 Å². The summed E-state index contributed by atoms with van der Waals surface area (Å²) in [6.07, 6.45) is 0.935. The SMILES string of the molecule is CCOc1ccc2nc(NC(=S)NC(=O)c3ccc(CC)cc3)sc2c1. The van der Waals surface area contributed by atoms with Gasteiger partial charge in [-0.25, -0.2) is 4.98 Å². The van der Waals surface area contributed by atoms with Crippen LogP contribution in [0.5, 0.6) is 5.75 Å². The molecule has 0 radical (unpaired) electrons. The fraction of sp³-hybridized carbons (Fsp3) is 0.211. The Morgan fingerprint density at radius 2 is 1.96 bits per heavy atom. The number of nitrogens with one attached hydrogen (secondary N) is 2. The second-order valence-corrected chi connectivity index (χ2v) is 6.98. The molecule has 0 aliphatic heterocycles. The fourth-order valence-electron chi connectivity index (χ4n) is 2.41. The van der Waals surface area contributed by atoms with Gasteiger partial charge in [-0.1, -0.05) is 30.4 Å². The Balaban J connectivity index is 1.65. The molecule has 2 N–H and O–H groups in total. The molecule has 1 aromatic heterocycles. The predicted octanol–water partition coefficient (Wildman–Crippen LogP) is 4.38. The van der Waals surface area contributed by atoms with Gasteiger partial charge in [0.25, 0.3) is 5.91 Å². The number of anilines is 1. The van der Waals surface area contributed by atoms with E-state index in [9.17, 15) is 4.79 Å². The molecule has 2 aromatic carbocycles. The van der Waals surface area contributed by atoms with Crippen LogP contribution in [0.3, 0.4) is 0 Å². The Hall–Kier alpha value is -2.51. The Bertz CT molecular complexity index is 936. The molecule has 0 unspecified atom stereocenters. The minimum atomic E-state index is -0.245. The first-order valence-electron chi connectivity index (χ1n) is 8.33. The third-order valence-electron chi connectivity index (χ3n) is 3.74. The maximum atomic E-state index is 12.3. The van der Waals surface area contributed by atoms with Gasteiger partial charge in [-0.3, -0.25) is 10.1 Å². The van der Waals surface area contributed by atoms with Crippen molar-refractivity contribution < 1.29 is 9.53 Å². The van der Waals surface area contributed by atoms with E-state index < -0.39 is 0 Å². The zero-order valence-electron chi connectivity index (χ0n) is 14.5. The van der Waals surface area contributed by atoms with Crippen LogP contribution in [0, 0.1) is 0 Å². The van der Waals surface area contributed by atoms with Crippen LogP contribution in [-0.4, -0.2) is 22.6 Å². The molecule has 134 valence electrons. The number of ether oxygens (including phenoxy) is 1. The number of benzene rings is 2. The number of fused-ring (bicyclic) bond motifs is 1. The van der Waals surface area contributed by atoms with Gasteiger partial charge in [0.15, 0.2) is 10.2 Å². The number of thiocarbonyl (C=S) groups is 1. The Morgan fingerprint density at radius 1 is 1.19 bits per heavy atom. The minimum Gasteiger partial charge on any atom is -0.494 e. The van der Waals surface area contributed by atoms with E-state index in [4.69, 9.17) is 17.0 Å². The van der Waals surface area contributed by atoms with E-state index in [0.717, 1.165) is 22.4 Å². The molecule has 0 atom stereocenters. The molecule has 26 heavy (non-hydrogen) atoms.